The summed E-state index contributed by atoms with van der Waals surface area (Å²) in [6, 6.07) is 4.70. The Kier molecular flexibility index (Phi) is 8.78. The van der Waals surface area contributed by atoms with E-state index in [-0.39, 0.29) is 41.8 Å². The number of benzene rings is 1. The number of nitro groups is 1. The summed E-state index contributed by atoms with van der Waals surface area (Å²) >= 11 is 6.31. The lowest BCUT2D eigenvalue weighted by Gasteiger charge is -2.29. The van der Waals surface area contributed by atoms with Gasteiger partial charge < -0.3 is 24.5 Å². The Bertz CT molecular complexity index is 1320. The number of non-ortho nitro benzene ring substituents is 1. The van der Waals surface area contributed by atoms with Gasteiger partial charge in [0.25, 0.3) is 5.69 Å². The molecule has 0 aliphatic carbocycles. The van der Waals surface area contributed by atoms with Gasteiger partial charge in [-0.05, 0) is 25.0 Å². The molecule has 3 aromatic rings. The van der Waals surface area contributed by atoms with E-state index >= 15 is 0 Å². The molecule has 2 atom stereocenters. The van der Waals surface area contributed by atoms with Crippen molar-refractivity contribution < 1.29 is 24.3 Å². The lowest BCUT2D eigenvalue weighted by molar-refractivity contribution is -0.384. The summed E-state index contributed by atoms with van der Waals surface area (Å²) < 4.78 is 13.4. The summed E-state index contributed by atoms with van der Waals surface area (Å²) in [6.45, 7) is 7.96. The predicted octanol–water partition coefficient (Wildman–Crippen LogP) is 4.49. The number of halogens is 1. The Morgan fingerprint density at radius 3 is 2.74 bits per heavy atom. The molecule has 0 amide bonds. The summed E-state index contributed by atoms with van der Waals surface area (Å²) in [5.41, 5.74) is 0.756. The van der Waals surface area contributed by atoms with Crippen LogP contribution in [-0.2, 0) is 16.2 Å². The molecular formula is C25H32ClN5O6Si. The van der Waals surface area contributed by atoms with Crippen molar-refractivity contribution in [3.8, 4) is 0 Å². The molecule has 0 unspecified atom stereocenters. The second kappa shape index (κ2) is 11.9. The van der Waals surface area contributed by atoms with Crippen molar-refractivity contribution in [3.05, 3.63) is 57.0 Å². The van der Waals surface area contributed by atoms with Crippen LogP contribution in [0.3, 0.4) is 0 Å². The number of hydrogen-bond donors (Lipinski definition) is 2. The number of nitrogens with zero attached hydrogens (tertiary/aromatic N) is 4. The molecule has 13 heteroatoms. The van der Waals surface area contributed by atoms with Crippen molar-refractivity contribution in [2.45, 2.75) is 57.4 Å². The molecule has 38 heavy (non-hydrogen) atoms. The minimum Gasteiger partial charge on any atom is -0.394 e. The smallest absolute Gasteiger partial charge is 0.270 e. The third-order valence-electron chi connectivity index (χ3n) is 6.45. The van der Waals surface area contributed by atoms with Gasteiger partial charge in [0, 0.05) is 38.6 Å². The zero-order chi connectivity index (χ0) is 27.4. The van der Waals surface area contributed by atoms with E-state index in [1.165, 1.54) is 24.5 Å². The fourth-order valence-electron chi connectivity index (χ4n) is 4.25. The van der Waals surface area contributed by atoms with Gasteiger partial charge in [-0.15, -0.1) is 0 Å². The second-order valence-corrected chi connectivity index (χ2v) is 16.6. The molecule has 3 heterocycles. The highest BCUT2D eigenvalue weighted by molar-refractivity contribution is 6.76. The lowest BCUT2D eigenvalue weighted by Crippen LogP contribution is -2.36. The Labute approximate surface area is 226 Å². The first-order valence-electron chi connectivity index (χ1n) is 12.5. The summed E-state index contributed by atoms with van der Waals surface area (Å²) in [6.07, 6.45) is 4.36. The molecule has 0 spiro atoms. The van der Waals surface area contributed by atoms with E-state index in [1.54, 1.807) is 10.8 Å². The molecule has 1 aliphatic heterocycles. The third-order valence-corrected chi connectivity index (χ3v) is 8.46. The van der Waals surface area contributed by atoms with Gasteiger partial charge in [-0.1, -0.05) is 31.2 Å². The van der Waals surface area contributed by atoms with Crippen LogP contribution in [0, 0.1) is 10.1 Å². The van der Waals surface area contributed by atoms with Crippen LogP contribution in [0.25, 0.3) is 11.0 Å². The minimum absolute atomic E-state index is 0.0152. The number of aliphatic hydroxyl groups is 1. The molecule has 1 aliphatic rings. The molecule has 11 nitrogen and oxygen atoms in total. The largest absolute Gasteiger partial charge is 0.394 e. The molecule has 0 saturated carbocycles. The molecule has 1 fully saturated rings. The standard InChI is InChI=1S/C25H32ClN5O6Si/c1-38(2,3)9-8-36-15-30-11-20(23(33)19-7-5-17(31(34)35)10-21(19)26)22-24(27-14-28-25(22)30)29-16-4-6-18(12-32)37-13-16/h5,7,10-11,14,16,18,32H,4,6,8-9,12-13,15H2,1-3H3,(H,27,28,29)/t16-,18+/m1/s1. The molecular weight excluding hydrogens is 530 g/mol. The molecule has 2 aromatic heterocycles. The molecule has 4 rings (SSSR count). The highest BCUT2D eigenvalue weighted by atomic mass is 35.5. The van der Waals surface area contributed by atoms with Crippen molar-refractivity contribution in [1.82, 2.24) is 14.5 Å². The monoisotopic (exact) mass is 561 g/mol. The van der Waals surface area contributed by atoms with Crippen molar-refractivity contribution in [3.63, 3.8) is 0 Å². The van der Waals surface area contributed by atoms with E-state index in [2.05, 4.69) is 34.9 Å². The van der Waals surface area contributed by atoms with Gasteiger partial charge in [0.1, 0.15) is 24.5 Å². The van der Waals surface area contributed by atoms with E-state index in [9.17, 15) is 20.0 Å². The van der Waals surface area contributed by atoms with Gasteiger partial charge >= 0.3 is 0 Å². The van der Waals surface area contributed by atoms with Crippen LogP contribution >= 0.6 is 11.6 Å². The van der Waals surface area contributed by atoms with Crippen LogP contribution in [0.1, 0.15) is 28.8 Å². The van der Waals surface area contributed by atoms with Crippen molar-refractivity contribution >= 4 is 48.0 Å². The zero-order valence-electron chi connectivity index (χ0n) is 21.6. The number of rotatable bonds is 11. The predicted molar refractivity (Wildman–Crippen MR) is 147 cm³/mol. The Morgan fingerprint density at radius 2 is 2.11 bits per heavy atom. The number of carbonyl (C=O) groups excluding carboxylic acids is 1. The molecule has 2 N–H and O–H groups in total. The topological polar surface area (TPSA) is 142 Å². The summed E-state index contributed by atoms with van der Waals surface area (Å²) in [5, 5.41) is 24.4. The van der Waals surface area contributed by atoms with Crippen LogP contribution in [0.2, 0.25) is 30.7 Å². The number of fused-ring (bicyclic) bond motifs is 1. The van der Waals surface area contributed by atoms with Crippen LogP contribution in [-0.4, -0.2) is 70.4 Å². The molecule has 0 bridgehead atoms. The van der Waals surface area contributed by atoms with Crippen LogP contribution in [0.4, 0.5) is 11.5 Å². The Hall–Kier alpha value is -2.90. The van der Waals surface area contributed by atoms with Crippen molar-refractivity contribution in [2.24, 2.45) is 0 Å². The third kappa shape index (κ3) is 6.56. The van der Waals surface area contributed by atoms with E-state index in [0.717, 1.165) is 12.5 Å². The summed E-state index contributed by atoms with van der Waals surface area (Å²) in [5.74, 6) is 0.0575. The van der Waals surface area contributed by atoms with Gasteiger partial charge in [-0.2, -0.15) is 0 Å². The molecule has 204 valence electrons. The highest BCUT2D eigenvalue weighted by Crippen LogP contribution is 2.32. The number of carbonyl (C=O) groups is 1. The number of ketones is 1. The maximum atomic E-state index is 13.7. The van der Waals surface area contributed by atoms with E-state index in [1.807, 2.05) is 0 Å². The van der Waals surface area contributed by atoms with Crippen LogP contribution in [0.5, 0.6) is 0 Å². The van der Waals surface area contributed by atoms with Crippen LogP contribution in [0.15, 0.2) is 30.7 Å². The molecule has 0 radical (unpaired) electrons. The lowest BCUT2D eigenvalue weighted by atomic mass is 10.0. The van der Waals surface area contributed by atoms with E-state index in [0.29, 0.717) is 42.0 Å². The first-order chi connectivity index (χ1) is 18.1. The van der Waals surface area contributed by atoms with Gasteiger partial charge in [0.05, 0.1) is 46.3 Å². The highest BCUT2D eigenvalue weighted by Gasteiger charge is 2.27. The average molecular weight is 562 g/mol. The number of nitro benzene ring substituents is 1. The number of anilines is 1. The molecule has 1 aromatic carbocycles. The zero-order valence-corrected chi connectivity index (χ0v) is 23.4. The maximum absolute atomic E-state index is 13.7. The number of aliphatic hydroxyl groups excluding tert-OH is 1. The van der Waals surface area contributed by atoms with Crippen molar-refractivity contribution in [2.75, 3.05) is 25.1 Å². The van der Waals surface area contributed by atoms with Gasteiger partial charge in [-0.3, -0.25) is 14.9 Å². The second-order valence-electron chi connectivity index (χ2n) is 10.6. The Balaban J connectivity index is 1.70. The average Bonchev–Trinajstić information content (AvgIpc) is 3.25. The minimum atomic E-state index is -1.28. The van der Waals surface area contributed by atoms with E-state index < -0.39 is 18.8 Å². The number of nitrogens with one attached hydrogen (secondary N) is 1. The molecule has 1 saturated heterocycles. The number of aromatic nitrogens is 3. The first-order valence-corrected chi connectivity index (χ1v) is 16.5. The van der Waals surface area contributed by atoms with E-state index in [4.69, 9.17) is 21.1 Å². The van der Waals surface area contributed by atoms with Gasteiger partial charge in [-0.25, -0.2) is 9.97 Å². The van der Waals surface area contributed by atoms with Gasteiger partial charge in [0.15, 0.2) is 5.78 Å². The maximum Gasteiger partial charge on any atom is 0.270 e. The Morgan fingerprint density at radius 1 is 1.32 bits per heavy atom. The quantitative estimate of drug-likeness (QED) is 0.114. The first kappa shape index (κ1) is 28.1. The van der Waals surface area contributed by atoms with Gasteiger partial charge in [0.2, 0.25) is 0 Å². The number of hydrogen-bond acceptors (Lipinski definition) is 9. The summed E-state index contributed by atoms with van der Waals surface area (Å²) in [4.78, 5) is 33.2. The van der Waals surface area contributed by atoms with Crippen LogP contribution < -0.4 is 5.32 Å². The fourth-order valence-corrected chi connectivity index (χ4v) is 5.27. The SMILES string of the molecule is C[Si](C)(C)CCOCn1cc(C(=O)c2ccc([N+](=O)[O-])cc2Cl)c2c(N[C@@H]3CC[C@@H](CO)OC3)ncnc21. The van der Waals surface area contributed by atoms with Crippen molar-refractivity contribution in [1.29, 1.82) is 0 Å². The normalized spacial score (nSPS) is 18.0. The number of ether oxygens (including phenoxy) is 2. The fraction of sp³-hybridized carbons (Fsp3) is 0.480. The summed E-state index contributed by atoms with van der Waals surface area (Å²) in [7, 11) is -1.28.